The zero-order valence-corrected chi connectivity index (χ0v) is 14.9. The summed E-state index contributed by atoms with van der Waals surface area (Å²) in [6, 6.07) is 17.8. The third kappa shape index (κ3) is 4.94. The molecule has 1 aliphatic rings. The van der Waals surface area contributed by atoms with Crippen LogP contribution >= 0.6 is 0 Å². The van der Waals surface area contributed by atoms with Gasteiger partial charge in [-0.15, -0.1) is 0 Å². The first-order valence-electron chi connectivity index (χ1n) is 8.78. The molecule has 28 heavy (non-hydrogen) atoms. The lowest BCUT2D eigenvalue weighted by atomic mass is 9.96. The van der Waals surface area contributed by atoms with Gasteiger partial charge < -0.3 is 19.7 Å². The van der Waals surface area contributed by atoms with Crippen molar-refractivity contribution in [1.82, 2.24) is 0 Å². The van der Waals surface area contributed by atoms with Gasteiger partial charge in [0.1, 0.15) is 12.2 Å². The molecule has 6 heteroatoms. The molecule has 0 spiro atoms. The largest absolute Gasteiger partial charge is 0.453 e. The number of aliphatic hydroxyl groups excluding tert-OH is 2. The van der Waals surface area contributed by atoms with E-state index in [0.717, 1.165) is 11.6 Å². The average Bonchev–Trinajstić information content (AvgIpc) is 2.73. The molecule has 0 saturated heterocycles. The second-order valence-corrected chi connectivity index (χ2v) is 6.25. The first-order valence-corrected chi connectivity index (χ1v) is 8.78. The van der Waals surface area contributed by atoms with Crippen molar-refractivity contribution in [3.05, 3.63) is 90.0 Å². The smallest absolute Gasteiger partial charge is 0.331 e. The Kier molecular flexibility index (Phi) is 6.37. The molecule has 1 heterocycles. The first-order chi connectivity index (χ1) is 13.5. The van der Waals surface area contributed by atoms with E-state index < -0.39 is 36.4 Å². The topological polar surface area (TPSA) is 93.1 Å². The Balaban J connectivity index is 1.79. The molecule has 2 aromatic carbocycles. The van der Waals surface area contributed by atoms with Gasteiger partial charge >= 0.3 is 11.9 Å². The second-order valence-electron chi connectivity index (χ2n) is 6.25. The molecule has 4 atom stereocenters. The fourth-order valence-corrected chi connectivity index (χ4v) is 2.84. The monoisotopic (exact) mass is 380 g/mol. The van der Waals surface area contributed by atoms with E-state index in [-0.39, 0.29) is 0 Å². The Bertz CT molecular complexity index is 859. The highest BCUT2D eigenvalue weighted by Crippen LogP contribution is 2.28. The van der Waals surface area contributed by atoms with Crippen LogP contribution in [0.4, 0.5) is 0 Å². The van der Waals surface area contributed by atoms with Gasteiger partial charge in [0, 0.05) is 12.2 Å². The van der Waals surface area contributed by atoms with Crippen LogP contribution in [0, 0.1) is 0 Å². The standard InChI is InChI=1S/C22H20O6/c23-17-12-14-19(25)28-22(17)20(26)21(16-9-5-2-6-10-16)27-18(24)13-11-15-7-3-1-4-8-15/h1-14,17,20-23,26H/t17-,20+,21-,22-/m0/s1. The highest BCUT2D eigenvalue weighted by molar-refractivity contribution is 5.87. The normalized spacial score (nSPS) is 21.1. The minimum Gasteiger partial charge on any atom is -0.453 e. The number of aliphatic hydroxyl groups is 2. The Morgan fingerprint density at radius 3 is 2.39 bits per heavy atom. The summed E-state index contributed by atoms with van der Waals surface area (Å²) in [7, 11) is 0. The maximum atomic E-state index is 12.3. The quantitative estimate of drug-likeness (QED) is 0.589. The maximum absolute atomic E-state index is 12.3. The SMILES string of the molecule is O=C1C=C[C@H](O)[C@@H]([C@H](O)[C@@H](OC(=O)C=Cc2ccccc2)c2ccccc2)O1. The summed E-state index contributed by atoms with van der Waals surface area (Å²) in [6.07, 6.45) is 0.106. The number of ether oxygens (including phenoxy) is 2. The summed E-state index contributed by atoms with van der Waals surface area (Å²) in [5.74, 6) is -1.36. The van der Waals surface area contributed by atoms with Crippen molar-refractivity contribution in [3.63, 3.8) is 0 Å². The van der Waals surface area contributed by atoms with Crippen LogP contribution in [0.1, 0.15) is 17.2 Å². The first kappa shape index (κ1) is 19.5. The van der Waals surface area contributed by atoms with E-state index >= 15 is 0 Å². The van der Waals surface area contributed by atoms with E-state index in [4.69, 9.17) is 9.47 Å². The van der Waals surface area contributed by atoms with Gasteiger partial charge in [0.2, 0.25) is 0 Å². The van der Waals surface area contributed by atoms with E-state index in [1.54, 1.807) is 36.4 Å². The van der Waals surface area contributed by atoms with Crippen LogP contribution in [0.15, 0.2) is 78.9 Å². The van der Waals surface area contributed by atoms with E-state index in [0.29, 0.717) is 5.56 Å². The van der Waals surface area contributed by atoms with Crippen LogP contribution in [0.2, 0.25) is 0 Å². The highest BCUT2D eigenvalue weighted by atomic mass is 16.6. The fraction of sp³-hybridized carbons (Fsp3) is 0.182. The molecule has 0 aliphatic carbocycles. The maximum Gasteiger partial charge on any atom is 0.331 e. The number of carbonyl (C=O) groups is 2. The highest BCUT2D eigenvalue weighted by Gasteiger charge is 2.39. The van der Waals surface area contributed by atoms with Gasteiger partial charge in [-0.3, -0.25) is 0 Å². The van der Waals surface area contributed by atoms with Crippen molar-refractivity contribution in [3.8, 4) is 0 Å². The number of hydrogen-bond donors (Lipinski definition) is 2. The third-order valence-electron chi connectivity index (χ3n) is 4.25. The van der Waals surface area contributed by atoms with Crippen molar-refractivity contribution < 1.29 is 29.3 Å². The van der Waals surface area contributed by atoms with Crippen LogP contribution in [0.3, 0.4) is 0 Å². The van der Waals surface area contributed by atoms with Gasteiger partial charge in [-0.05, 0) is 23.3 Å². The molecule has 0 fully saturated rings. The molecule has 0 amide bonds. The van der Waals surface area contributed by atoms with Crippen molar-refractivity contribution in [2.45, 2.75) is 24.4 Å². The van der Waals surface area contributed by atoms with Crippen molar-refractivity contribution in [2.24, 2.45) is 0 Å². The second kappa shape index (κ2) is 9.12. The average molecular weight is 380 g/mol. The minimum atomic E-state index is -1.46. The molecular formula is C22H20O6. The Hall–Kier alpha value is -3.22. The van der Waals surface area contributed by atoms with Crippen molar-refractivity contribution in [1.29, 1.82) is 0 Å². The van der Waals surface area contributed by atoms with E-state index in [1.165, 1.54) is 12.2 Å². The molecule has 0 saturated carbocycles. The van der Waals surface area contributed by atoms with Gasteiger partial charge in [-0.25, -0.2) is 9.59 Å². The summed E-state index contributed by atoms with van der Waals surface area (Å²) < 4.78 is 10.5. The van der Waals surface area contributed by atoms with E-state index in [2.05, 4.69) is 0 Å². The summed E-state index contributed by atoms with van der Waals surface area (Å²) >= 11 is 0. The Morgan fingerprint density at radius 1 is 1.07 bits per heavy atom. The number of esters is 2. The number of benzene rings is 2. The molecule has 2 aromatic rings. The number of hydrogen-bond acceptors (Lipinski definition) is 6. The number of rotatable bonds is 6. The van der Waals surface area contributed by atoms with Crippen LogP contribution in [0.25, 0.3) is 6.08 Å². The van der Waals surface area contributed by atoms with Gasteiger partial charge in [0.25, 0.3) is 0 Å². The zero-order chi connectivity index (χ0) is 19.9. The molecule has 6 nitrogen and oxygen atoms in total. The molecule has 0 unspecified atom stereocenters. The summed E-state index contributed by atoms with van der Waals surface area (Å²) in [5.41, 5.74) is 1.33. The zero-order valence-electron chi connectivity index (χ0n) is 14.9. The fourth-order valence-electron chi connectivity index (χ4n) is 2.84. The number of carbonyl (C=O) groups excluding carboxylic acids is 2. The lowest BCUT2D eigenvalue weighted by Crippen LogP contribution is -2.46. The molecule has 0 radical (unpaired) electrons. The van der Waals surface area contributed by atoms with E-state index in [1.807, 2.05) is 30.3 Å². The Morgan fingerprint density at radius 2 is 1.71 bits per heavy atom. The molecule has 1 aliphatic heterocycles. The van der Waals surface area contributed by atoms with Crippen molar-refractivity contribution in [2.75, 3.05) is 0 Å². The summed E-state index contributed by atoms with van der Waals surface area (Å²) in [4.78, 5) is 23.8. The summed E-state index contributed by atoms with van der Waals surface area (Å²) in [6.45, 7) is 0. The third-order valence-corrected chi connectivity index (χ3v) is 4.25. The molecule has 0 bridgehead atoms. The summed E-state index contributed by atoms with van der Waals surface area (Å²) in [5, 5.41) is 20.8. The minimum absolute atomic E-state index is 0.509. The van der Waals surface area contributed by atoms with Crippen LogP contribution < -0.4 is 0 Å². The molecule has 3 rings (SSSR count). The molecule has 2 N–H and O–H groups in total. The Labute approximate surface area is 162 Å². The van der Waals surface area contributed by atoms with Gasteiger partial charge in [-0.1, -0.05) is 60.7 Å². The van der Waals surface area contributed by atoms with Gasteiger partial charge in [0.05, 0.1) is 0 Å². The predicted molar refractivity (Wildman–Crippen MR) is 102 cm³/mol. The van der Waals surface area contributed by atoms with Crippen LogP contribution in [-0.2, 0) is 19.1 Å². The van der Waals surface area contributed by atoms with Crippen LogP contribution in [-0.4, -0.2) is 40.5 Å². The lowest BCUT2D eigenvalue weighted by molar-refractivity contribution is -0.175. The molecule has 0 aromatic heterocycles. The van der Waals surface area contributed by atoms with Gasteiger partial charge in [0.15, 0.2) is 12.2 Å². The van der Waals surface area contributed by atoms with Crippen molar-refractivity contribution >= 4 is 18.0 Å². The predicted octanol–water partition coefficient (Wildman–Crippen LogP) is 2.19. The van der Waals surface area contributed by atoms with Crippen LogP contribution in [0.5, 0.6) is 0 Å². The van der Waals surface area contributed by atoms with E-state index in [9.17, 15) is 19.8 Å². The molecule has 144 valence electrons. The number of cyclic esters (lactones) is 1. The molecular weight excluding hydrogens is 360 g/mol. The van der Waals surface area contributed by atoms with Gasteiger partial charge in [-0.2, -0.15) is 0 Å². The lowest BCUT2D eigenvalue weighted by Gasteiger charge is -2.32.